The van der Waals surface area contributed by atoms with Gasteiger partial charge in [0.05, 0.1) is 0 Å². The number of amides is 3. The molecule has 2 rings (SSSR count). The first kappa shape index (κ1) is 13.4. The van der Waals surface area contributed by atoms with Gasteiger partial charge in [0.15, 0.2) is 0 Å². The molecule has 0 bridgehead atoms. The molecule has 3 amide bonds. The largest absolute Gasteiger partial charge is 0.326 e. The summed E-state index contributed by atoms with van der Waals surface area (Å²) in [5.41, 5.74) is 1.60. The lowest BCUT2D eigenvalue weighted by atomic mass is 10.2. The van der Waals surface area contributed by atoms with Crippen molar-refractivity contribution < 1.29 is 14.4 Å². The molecule has 0 radical (unpaired) electrons. The van der Waals surface area contributed by atoms with E-state index in [1.54, 1.807) is 18.2 Å². The molecule has 0 aromatic heterocycles. The Kier molecular flexibility index (Phi) is 4.01. The van der Waals surface area contributed by atoms with Gasteiger partial charge in [-0.05, 0) is 17.7 Å². The second-order valence-electron chi connectivity index (χ2n) is 3.96. The van der Waals surface area contributed by atoms with Crippen molar-refractivity contribution in [2.75, 3.05) is 5.32 Å². The standard InChI is InChI=1S/C13H12N2O3S/c1-2-8-3-5-9(6-4-8)14-11(16)7-10-12(17)15-13(18)19-10/h2-6,10H,1,7H2,(H,14,16)(H,15,17,18). The molecule has 1 aromatic rings. The Morgan fingerprint density at radius 3 is 2.58 bits per heavy atom. The van der Waals surface area contributed by atoms with E-state index in [1.807, 2.05) is 12.1 Å². The Hall–Kier alpha value is -2.08. The van der Waals surface area contributed by atoms with Gasteiger partial charge in [-0.2, -0.15) is 0 Å². The molecule has 0 aliphatic carbocycles. The number of anilines is 1. The van der Waals surface area contributed by atoms with Crippen molar-refractivity contribution in [2.24, 2.45) is 0 Å². The predicted octanol–water partition coefficient (Wildman–Crippen LogP) is 2.01. The van der Waals surface area contributed by atoms with E-state index in [0.29, 0.717) is 5.69 Å². The van der Waals surface area contributed by atoms with E-state index in [2.05, 4.69) is 17.2 Å². The first-order valence-electron chi connectivity index (χ1n) is 5.62. The van der Waals surface area contributed by atoms with Crippen molar-refractivity contribution in [3.8, 4) is 0 Å². The van der Waals surface area contributed by atoms with Gasteiger partial charge in [0.25, 0.3) is 5.24 Å². The molecule has 19 heavy (non-hydrogen) atoms. The predicted molar refractivity (Wildman–Crippen MR) is 74.7 cm³/mol. The third-order valence-electron chi connectivity index (χ3n) is 2.57. The second-order valence-corrected chi connectivity index (χ2v) is 5.14. The van der Waals surface area contributed by atoms with Crippen LogP contribution in [0.4, 0.5) is 10.5 Å². The quantitative estimate of drug-likeness (QED) is 0.882. The van der Waals surface area contributed by atoms with Crippen LogP contribution in [0.2, 0.25) is 0 Å². The van der Waals surface area contributed by atoms with Crippen LogP contribution < -0.4 is 10.6 Å². The lowest BCUT2D eigenvalue weighted by Gasteiger charge is -2.07. The Morgan fingerprint density at radius 2 is 2.05 bits per heavy atom. The average molecular weight is 276 g/mol. The lowest BCUT2D eigenvalue weighted by Crippen LogP contribution is -2.27. The Bertz CT molecular complexity index is 539. The minimum atomic E-state index is -0.639. The van der Waals surface area contributed by atoms with Crippen LogP contribution in [0.15, 0.2) is 30.8 Å². The monoisotopic (exact) mass is 276 g/mol. The summed E-state index contributed by atoms with van der Waals surface area (Å²) in [6.07, 6.45) is 1.68. The molecule has 6 heteroatoms. The molecule has 2 N–H and O–H groups in total. The topological polar surface area (TPSA) is 75.3 Å². The van der Waals surface area contributed by atoms with E-state index in [0.717, 1.165) is 17.3 Å². The molecule has 1 heterocycles. The van der Waals surface area contributed by atoms with Gasteiger partial charge < -0.3 is 5.32 Å². The van der Waals surface area contributed by atoms with Crippen LogP contribution in [0.25, 0.3) is 6.08 Å². The van der Waals surface area contributed by atoms with Crippen LogP contribution in [-0.4, -0.2) is 22.3 Å². The molecule has 1 saturated heterocycles. The summed E-state index contributed by atoms with van der Waals surface area (Å²) in [6.45, 7) is 3.64. The number of nitrogens with one attached hydrogen (secondary N) is 2. The molecule has 1 aliphatic rings. The number of benzene rings is 1. The fourth-order valence-electron chi connectivity index (χ4n) is 1.61. The van der Waals surface area contributed by atoms with Crippen molar-refractivity contribution in [3.05, 3.63) is 36.4 Å². The normalized spacial score (nSPS) is 18.0. The van der Waals surface area contributed by atoms with E-state index < -0.39 is 16.4 Å². The number of carbonyl (C=O) groups is 3. The highest BCUT2D eigenvalue weighted by Crippen LogP contribution is 2.22. The second kappa shape index (κ2) is 5.71. The van der Waals surface area contributed by atoms with Crippen molar-refractivity contribution in [2.45, 2.75) is 11.7 Å². The van der Waals surface area contributed by atoms with Gasteiger partial charge in [-0.3, -0.25) is 19.7 Å². The number of hydrogen-bond donors (Lipinski definition) is 2. The van der Waals surface area contributed by atoms with Crippen LogP contribution >= 0.6 is 11.8 Å². The van der Waals surface area contributed by atoms with E-state index in [-0.39, 0.29) is 12.3 Å². The van der Waals surface area contributed by atoms with Gasteiger partial charge >= 0.3 is 0 Å². The molecule has 5 nitrogen and oxygen atoms in total. The van der Waals surface area contributed by atoms with Crippen molar-refractivity contribution in [1.29, 1.82) is 0 Å². The van der Waals surface area contributed by atoms with Gasteiger partial charge in [0.2, 0.25) is 11.8 Å². The highest BCUT2D eigenvalue weighted by Gasteiger charge is 2.33. The van der Waals surface area contributed by atoms with Crippen molar-refractivity contribution in [1.82, 2.24) is 5.32 Å². The maximum Gasteiger partial charge on any atom is 0.286 e. The number of imide groups is 1. The summed E-state index contributed by atoms with van der Waals surface area (Å²) in [4.78, 5) is 34.0. The summed E-state index contributed by atoms with van der Waals surface area (Å²) in [7, 11) is 0. The maximum absolute atomic E-state index is 11.7. The van der Waals surface area contributed by atoms with Crippen LogP contribution in [0, 0.1) is 0 Å². The average Bonchev–Trinajstić information content (AvgIpc) is 2.68. The summed E-state index contributed by atoms with van der Waals surface area (Å²) in [5, 5.41) is 3.78. The number of carbonyl (C=O) groups excluding carboxylic acids is 3. The number of hydrogen-bond acceptors (Lipinski definition) is 4. The maximum atomic E-state index is 11.7. The lowest BCUT2D eigenvalue weighted by molar-refractivity contribution is -0.122. The Balaban J connectivity index is 1.92. The van der Waals surface area contributed by atoms with E-state index in [9.17, 15) is 14.4 Å². The molecule has 1 fully saturated rings. The minimum Gasteiger partial charge on any atom is -0.326 e. The SMILES string of the molecule is C=Cc1ccc(NC(=O)CC2SC(=O)NC2=O)cc1. The van der Waals surface area contributed by atoms with Crippen molar-refractivity contribution in [3.63, 3.8) is 0 Å². The van der Waals surface area contributed by atoms with Crippen molar-refractivity contribution >= 4 is 40.6 Å². The molecule has 0 spiro atoms. The molecule has 1 aliphatic heterocycles. The number of thioether (sulfide) groups is 1. The zero-order valence-electron chi connectivity index (χ0n) is 10.0. The first-order chi connectivity index (χ1) is 9.08. The molecule has 1 aromatic carbocycles. The van der Waals surface area contributed by atoms with Gasteiger partial charge in [0.1, 0.15) is 5.25 Å². The zero-order chi connectivity index (χ0) is 13.8. The highest BCUT2D eigenvalue weighted by molar-refractivity contribution is 8.15. The van der Waals surface area contributed by atoms with Crippen LogP contribution in [0.5, 0.6) is 0 Å². The smallest absolute Gasteiger partial charge is 0.286 e. The van der Waals surface area contributed by atoms with Gasteiger partial charge in [-0.25, -0.2) is 0 Å². The molecule has 0 saturated carbocycles. The molecule has 1 unspecified atom stereocenters. The van der Waals surface area contributed by atoms with Gasteiger partial charge in [0, 0.05) is 12.1 Å². The molecule has 98 valence electrons. The fourth-order valence-corrected chi connectivity index (χ4v) is 2.43. The number of rotatable bonds is 4. The molecular weight excluding hydrogens is 264 g/mol. The summed E-state index contributed by atoms with van der Waals surface area (Å²) >= 11 is 0.845. The van der Waals surface area contributed by atoms with E-state index >= 15 is 0 Å². The van der Waals surface area contributed by atoms with Gasteiger partial charge in [-0.15, -0.1) is 0 Å². The van der Waals surface area contributed by atoms with Crippen LogP contribution in [0.1, 0.15) is 12.0 Å². The summed E-state index contributed by atoms with van der Waals surface area (Å²) in [6, 6.07) is 7.15. The third kappa shape index (κ3) is 3.45. The van der Waals surface area contributed by atoms with E-state index in [1.165, 1.54) is 0 Å². The van der Waals surface area contributed by atoms with Crippen LogP contribution in [-0.2, 0) is 9.59 Å². The summed E-state index contributed by atoms with van der Waals surface area (Å²) < 4.78 is 0. The van der Waals surface area contributed by atoms with E-state index in [4.69, 9.17) is 0 Å². The summed E-state index contributed by atoms with van der Waals surface area (Å²) in [5.74, 6) is -0.708. The Morgan fingerprint density at radius 1 is 1.37 bits per heavy atom. The first-order valence-corrected chi connectivity index (χ1v) is 6.50. The third-order valence-corrected chi connectivity index (χ3v) is 3.55. The molecular formula is C13H12N2O3S. The zero-order valence-corrected chi connectivity index (χ0v) is 10.8. The minimum absolute atomic E-state index is 0.0224. The Labute approximate surface area is 114 Å². The van der Waals surface area contributed by atoms with Gasteiger partial charge in [-0.1, -0.05) is 36.5 Å². The highest BCUT2D eigenvalue weighted by atomic mass is 32.2. The fraction of sp³-hybridized carbons (Fsp3) is 0.154. The molecule has 1 atom stereocenters. The van der Waals surface area contributed by atoms with Crippen LogP contribution in [0.3, 0.4) is 0 Å².